The first-order chi connectivity index (χ1) is 10.2. The van der Waals surface area contributed by atoms with Crippen LogP contribution in [0.5, 0.6) is 5.75 Å². The summed E-state index contributed by atoms with van der Waals surface area (Å²) >= 11 is 4.97. The molecule has 2 rings (SSSR count). The molecule has 2 aromatic carbocycles. The van der Waals surface area contributed by atoms with Gasteiger partial charge in [-0.25, -0.2) is 0 Å². The van der Waals surface area contributed by atoms with Gasteiger partial charge in [0, 0.05) is 9.37 Å². The summed E-state index contributed by atoms with van der Waals surface area (Å²) in [7, 11) is 0. The zero-order valence-electron chi connectivity index (χ0n) is 11.6. The van der Waals surface area contributed by atoms with E-state index in [4.69, 9.17) is 4.74 Å². The van der Waals surface area contributed by atoms with Crippen molar-refractivity contribution < 1.29 is 9.53 Å². The minimum Gasteiger partial charge on any atom is -0.492 e. The molecule has 0 fully saturated rings. The normalized spacial score (nSPS) is 10.2. The summed E-state index contributed by atoms with van der Waals surface area (Å²) < 4.78 is 6.49. The summed E-state index contributed by atoms with van der Waals surface area (Å²) in [5.74, 6) is 0.991. The molecule has 0 atom stereocenters. The van der Waals surface area contributed by atoms with Crippen molar-refractivity contribution in [2.45, 2.75) is 11.8 Å². The number of halogens is 1. The molecule has 5 heteroatoms. The summed E-state index contributed by atoms with van der Waals surface area (Å²) in [5, 5.41) is 2.88. The van der Waals surface area contributed by atoms with E-state index in [0.717, 1.165) is 9.37 Å². The van der Waals surface area contributed by atoms with Crippen LogP contribution in [0.1, 0.15) is 6.92 Å². The number of hydrogen-bond acceptors (Lipinski definition) is 3. The van der Waals surface area contributed by atoms with Gasteiger partial charge < -0.3 is 10.1 Å². The molecule has 0 spiro atoms. The van der Waals surface area contributed by atoms with E-state index < -0.39 is 0 Å². The van der Waals surface area contributed by atoms with E-state index in [0.29, 0.717) is 23.8 Å². The molecule has 21 heavy (non-hydrogen) atoms. The Kier molecular flexibility index (Phi) is 6.14. The Hall–Kier alpha value is -1.46. The van der Waals surface area contributed by atoms with Gasteiger partial charge in [-0.2, -0.15) is 0 Å². The lowest BCUT2D eigenvalue weighted by molar-refractivity contribution is -0.113. The number of carbonyl (C=O) groups excluding carboxylic acids is 1. The highest BCUT2D eigenvalue weighted by Gasteiger charge is 2.08. The largest absolute Gasteiger partial charge is 0.492 e. The van der Waals surface area contributed by atoms with Crippen LogP contribution in [-0.4, -0.2) is 18.3 Å². The number of thioether (sulfide) groups is 1. The number of ether oxygens (including phenoxy) is 1. The van der Waals surface area contributed by atoms with Crippen molar-refractivity contribution >= 4 is 39.3 Å². The highest BCUT2D eigenvalue weighted by molar-refractivity contribution is 9.10. The molecule has 0 unspecified atom stereocenters. The second kappa shape index (κ2) is 8.10. The van der Waals surface area contributed by atoms with Crippen LogP contribution >= 0.6 is 27.7 Å². The van der Waals surface area contributed by atoms with Gasteiger partial charge in [0.25, 0.3) is 0 Å². The van der Waals surface area contributed by atoms with Crippen molar-refractivity contribution in [3.8, 4) is 5.75 Å². The average Bonchev–Trinajstić information content (AvgIpc) is 2.49. The first-order valence-corrected chi connectivity index (χ1v) is 8.37. The summed E-state index contributed by atoms with van der Waals surface area (Å²) in [5.41, 5.74) is 0.706. The van der Waals surface area contributed by atoms with Crippen molar-refractivity contribution in [1.29, 1.82) is 0 Å². The van der Waals surface area contributed by atoms with Crippen LogP contribution in [0.15, 0.2) is 57.9 Å². The second-order valence-electron chi connectivity index (χ2n) is 4.20. The Bertz CT molecular complexity index is 619. The van der Waals surface area contributed by atoms with Crippen LogP contribution in [0.25, 0.3) is 0 Å². The fraction of sp³-hybridized carbons (Fsp3) is 0.188. The van der Waals surface area contributed by atoms with Gasteiger partial charge in [0.05, 0.1) is 18.0 Å². The van der Waals surface area contributed by atoms with Gasteiger partial charge in [-0.1, -0.05) is 24.3 Å². The lowest BCUT2D eigenvalue weighted by Crippen LogP contribution is -2.14. The number of para-hydroxylation sites is 2. The highest BCUT2D eigenvalue weighted by atomic mass is 79.9. The average molecular weight is 366 g/mol. The second-order valence-corrected chi connectivity index (χ2v) is 6.07. The Morgan fingerprint density at radius 2 is 1.90 bits per heavy atom. The number of carbonyl (C=O) groups is 1. The number of nitrogens with one attached hydrogen (secondary N) is 1. The Balaban J connectivity index is 1.95. The van der Waals surface area contributed by atoms with Gasteiger partial charge in [-0.3, -0.25) is 4.79 Å². The number of hydrogen-bond donors (Lipinski definition) is 1. The smallest absolute Gasteiger partial charge is 0.234 e. The van der Waals surface area contributed by atoms with Crippen molar-refractivity contribution in [3.63, 3.8) is 0 Å². The predicted octanol–water partition coefficient (Wildman–Crippen LogP) is 4.58. The Morgan fingerprint density at radius 1 is 1.19 bits per heavy atom. The molecule has 0 heterocycles. The van der Waals surface area contributed by atoms with Gasteiger partial charge in [-0.05, 0) is 47.1 Å². The molecule has 110 valence electrons. The molecule has 0 radical (unpaired) electrons. The van der Waals surface area contributed by atoms with E-state index in [2.05, 4.69) is 21.2 Å². The number of amides is 1. The van der Waals surface area contributed by atoms with E-state index in [1.54, 1.807) is 0 Å². The molecule has 0 aromatic heterocycles. The van der Waals surface area contributed by atoms with Gasteiger partial charge in [0.2, 0.25) is 5.91 Å². The summed E-state index contributed by atoms with van der Waals surface area (Å²) in [4.78, 5) is 13.1. The molecule has 1 N–H and O–H groups in total. The lowest BCUT2D eigenvalue weighted by Gasteiger charge is -2.11. The standard InChI is InChI=1S/C16H16BrNO2S/c1-2-20-14-9-5-4-8-13(14)18-16(19)11-21-15-10-6-3-7-12(15)17/h3-10H,2,11H2,1H3,(H,18,19). The first kappa shape index (κ1) is 15.9. The Morgan fingerprint density at radius 3 is 2.67 bits per heavy atom. The highest BCUT2D eigenvalue weighted by Crippen LogP contribution is 2.28. The molecule has 0 aliphatic heterocycles. The van der Waals surface area contributed by atoms with Crippen molar-refractivity contribution in [2.75, 3.05) is 17.7 Å². The van der Waals surface area contributed by atoms with E-state index in [9.17, 15) is 4.79 Å². The number of anilines is 1. The fourth-order valence-corrected chi connectivity index (χ4v) is 3.11. The molecule has 3 nitrogen and oxygen atoms in total. The maximum absolute atomic E-state index is 12.1. The molecule has 0 saturated carbocycles. The number of benzene rings is 2. The van der Waals surface area contributed by atoms with Gasteiger partial charge in [0.15, 0.2) is 0 Å². The van der Waals surface area contributed by atoms with Crippen LogP contribution in [0, 0.1) is 0 Å². The van der Waals surface area contributed by atoms with E-state index >= 15 is 0 Å². The first-order valence-electron chi connectivity index (χ1n) is 6.59. The van der Waals surface area contributed by atoms with Crippen molar-refractivity contribution in [1.82, 2.24) is 0 Å². The topological polar surface area (TPSA) is 38.3 Å². The van der Waals surface area contributed by atoms with Crippen LogP contribution < -0.4 is 10.1 Å². The Labute approximate surface area is 137 Å². The molecular formula is C16H16BrNO2S. The predicted molar refractivity (Wildman–Crippen MR) is 91.1 cm³/mol. The fourth-order valence-electron chi connectivity index (χ4n) is 1.74. The van der Waals surface area contributed by atoms with Gasteiger partial charge in [0.1, 0.15) is 5.75 Å². The SMILES string of the molecule is CCOc1ccccc1NC(=O)CSc1ccccc1Br. The van der Waals surface area contributed by atoms with E-state index in [1.807, 2.05) is 55.5 Å². The third-order valence-corrected chi connectivity index (χ3v) is 4.68. The van der Waals surface area contributed by atoms with Gasteiger partial charge >= 0.3 is 0 Å². The maximum atomic E-state index is 12.1. The molecular weight excluding hydrogens is 350 g/mol. The monoisotopic (exact) mass is 365 g/mol. The minimum atomic E-state index is -0.0529. The lowest BCUT2D eigenvalue weighted by atomic mass is 10.3. The zero-order valence-corrected chi connectivity index (χ0v) is 14.0. The van der Waals surface area contributed by atoms with Crippen LogP contribution in [0.4, 0.5) is 5.69 Å². The van der Waals surface area contributed by atoms with Gasteiger partial charge in [-0.15, -0.1) is 11.8 Å². The van der Waals surface area contributed by atoms with E-state index in [1.165, 1.54) is 11.8 Å². The molecule has 0 bridgehead atoms. The maximum Gasteiger partial charge on any atom is 0.234 e. The van der Waals surface area contributed by atoms with E-state index in [-0.39, 0.29) is 5.91 Å². The quantitative estimate of drug-likeness (QED) is 0.761. The number of rotatable bonds is 6. The zero-order chi connectivity index (χ0) is 15.1. The third kappa shape index (κ3) is 4.79. The molecule has 1 amide bonds. The van der Waals surface area contributed by atoms with Crippen LogP contribution in [0.2, 0.25) is 0 Å². The molecule has 0 saturated heterocycles. The van der Waals surface area contributed by atoms with Crippen LogP contribution in [0.3, 0.4) is 0 Å². The molecule has 2 aromatic rings. The summed E-state index contributed by atoms with van der Waals surface area (Å²) in [6, 6.07) is 15.3. The third-order valence-electron chi connectivity index (χ3n) is 2.66. The van der Waals surface area contributed by atoms with Crippen molar-refractivity contribution in [3.05, 3.63) is 53.0 Å². The summed E-state index contributed by atoms with van der Waals surface area (Å²) in [6.45, 7) is 2.49. The molecule has 0 aliphatic rings. The summed E-state index contributed by atoms with van der Waals surface area (Å²) in [6.07, 6.45) is 0. The molecule has 0 aliphatic carbocycles. The minimum absolute atomic E-state index is 0.0529. The van der Waals surface area contributed by atoms with Crippen LogP contribution in [-0.2, 0) is 4.79 Å². The van der Waals surface area contributed by atoms with Crippen molar-refractivity contribution in [2.24, 2.45) is 0 Å².